The summed E-state index contributed by atoms with van der Waals surface area (Å²) in [4.78, 5) is 11.8. The van der Waals surface area contributed by atoms with Crippen molar-refractivity contribution in [2.75, 3.05) is 6.61 Å². The zero-order valence-electron chi connectivity index (χ0n) is 12.5. The Labute approximate surface area is 132 Å². The van der Waals surface area contributed by atoms with Crippen LogP contribution in [0.3, 0.4) is 0 Å². The summed E-state index contributed by atoms with van der Waals surface area (Å²) in [7, 11) is 0. The van der Waals surface area contributed by atoms with Gasteiger partial charge in [-0.2, -0.15) is 0 Å². The molecule has 0 N–H and O–H groups in total. The monoisotopic (exact) mass is 311 g/mol. The maximum atomic E-state index is 13.0. The fraction of sp³-hybridized carbons (Fsp3) is 0.111. The summed E-state index contributed by atoms with van der Waals surface area (Å²) in [5.74, 6) is -0.164. The molecule has 0 saturated carbocycles. The fourth-order valence-corrected chi connectivity index (χ4v) is 2.18. The Morgan fingerprint density at radius 1 is 1.13 bits per heavy atom. The number of aromatic nitrogens is 1. The Morgan fingerprint density at radius 2 is 1.91 bits per heavy atom. The third-order valence-electron chi connectivity index (χ3n) is 3.31. The number of halogens is 1. The molecule has 0 aliphatic rings. The van der Waals surface area contributed by atoms with Crippen LogP contribution in [0.25, 0.3) is 22.6 Å². The third kappa shape index (κ3) is 3.29. The van der Waals surface area contributed by atoms with Gasteiger partial charge in [-0.3, -0.25) is 0 Å². The number of rotatable bonds is 4. The number of benzene rings is 2. The van der Waals surface area contributed by atoms with Gasteiger partial charge in [0.25, 0.3) is 0 Å². The van der Waals surface area contributed by atoms with Crippen LogP contribution in [-0.2, 0) is 4.74 Å². The molecule has 2 aromatic carbocycles. The number of carbonyl (C=O) groups excluding carboxylic acids is 1. The smallest absolute Gasteiger partial charge is 0.338 e. The Kier molecular flexibility index (Phi) is 4.19. The van der Waals surface area contributed by atoms with Gasteiger partial charge in [0.15, 0.2) is 5.76 Å². The number of esters is 1. The lowest BCUT2D eigenvalue weighted by molar-refractivity contribution is 0.0526. The molecule has 1 heterocycles. The topological polar surface area (TPSA) is 52.3 Å². The lowest BCUT2D eigenvalue weighted by Gasteiger charge is -2.02. The van der Waals surface area contributed by atoms with Gasteiger partial charge in [0.1, 0.15) is 11.5 Å². The molecule has 1 aromatic heterocycles. The summed E-state index contributed by atoms with van der Waals surface area (Å²) < 4.78 is 23.3. The van der Waals surface area contributed by atoms with E-state index < -0.39 is 0 Å². The number of hydrogen-bond donors (Lipinski definition) is 0. The highest BCUT2D eigenvalue weighted by molar-refractivity contribution is 5.90. The largest absolute Gasteiger partial charge is 0.462 e. The molecular formula is C18H14FNO3. The average molecular weight is 311 g/mol. The van der Waals surface area contributed by atoms with Crippen LogP contribution in [0.2, 0.25) is 0 Å². The van der Waals surface area contributed by atoms with Crippen LogP contribution >= 0.6 is 0 Å². The van der Waals surface area contributed by atoms with E-state index in [-0.39, 0.29) is 11.8 Å². The predicted octanol–water partition coefficient (Wildman–Crippen LogP) is 4.32. The number of hydrogen-bond acceptors (Lipinski definition) is 4. The molecule has 0 radical (unpaired) electrons. The lowest BCUT2D eigenvalue weighted by Crippen LogP contribution is -2.04. The van der Waals surface area contributed by atoms with Gasteiger partial charge in [0.2, 0.25) is 0 Å². The van der Waals surface area contributed by atoms with Crippen molar-refractivity contribution in [1.82, 2.24) is 5.16 Å². The summed E-state index contributed by atoms with van der Waals surface area (Å²) in [6, 6.07) is 14.7. The Bertz CT molecular complexity index is 824. The minimum Gasteiger partial charge on any atom is -0.462 e. The first-order valence-corrected chi connectivity index (χ1v) is 7.17. The van der Waals surface area contributed by atoms with E-state index in [1.54, 1.807) is 43.3 Å². The molecule has 0 fully saturated rings. The van der Waals surface area contributed by atoms with E-state index in [0.29, 0.717) is 23.6 Å². The maximum Gasteiger partial charge on any atom is 0.338 e. The molecule has 0 saturated heterocycles. The van der Waals surface area contributed by atoms with E-state index in [1.807, 2.05) is 6.07 Å². The molecule has 0 aliphatic carbocycles. The molecule has 0 bridgehead atoms. The van der Waals surface area contributed by atoms with Gasteiger partial charge in [-0.1, -0.05) is 17.3 Å². The van der Waals surface area contributed by atoms with Crippen LogP contribution in [0.5, 0.6) is 0 Å². The Hall–Kier alpha value is -2.95. The molecule has 0 unspecified atom stereocenters. The molecule has 0 amide bonds. The van der Waals surface area contributed by atoms with Crippen molar-refractivity contribution in [3.8, 4) is 22.6 Å². The van der Waals surface area contributed by atoms with E-state index in [9.17, 15) is 9.18 Å². The highest BCUT2D eigenvalue weighted by Gasteiger charge is 2.12. The second kappa shape index (κ2) is 6.44. The van der Waals surface area contributed by atoms with Gasteiger partial charge in [0.05, 0.1) is 12.2 Å². The summed E-state index contributed by atoms with van der Waals surface area (Å²) in [6.45, 7) is 2.08. The summed E-state index contributed by atoms with van der Waals surface area (Å²) in [6.07, 6.45) is 0. The third-order valence-corrected chi connectivity index (χ3v) is 3.31. The highest BCUT2D eigenvalue weighted by atomic mass is 19.1. The quantitative estimate of drug-likeness (QED) is 0.673. The Balaban J connectivity index is 1.90. The standard InChI is InChI=1S/C18H14FNO3/c1-2-22-18(21)14-5-3-4-13(10-14)17-11-16(20-23-17)12-6-8-15(19)9-7-12/h3-11H,2H2,1H3. The van der Waals surface area contributed by atoms with Crippen molar-refractivity contribution in [3.05, 3.63) is 66.0 Å². The molecule has 3 rings (SSSR count). The molecule has 4 nitrogen and oxygen atoms in total. The van der Waals surface area contributed by atoms with Crippen LogP contribution in [0.15, 0.2) is 59.1 Å². The lowest BCUT2D eigenvalue weighted by atomic mass is 10.1. The van der Waals surface area contributed by atoms with Gasteiger partial charge in [-0.15, -0.1) is 0 Å². The van der Waals surface area contributed by atoms with E-state index in [1.165, 1.54) is 12.1 Å². The first-order chi connectivity index (χ1) is 11.2. The van der Waals surface area contributed by atoms with Crippen LogP contribution in [0.1, 0.15) is 17.3 Å². The second-order valence-electron chi connectivity index (χ2n) is 4.88. The molecule has 5 heteroatoms. The van der Waals surface area contributed by atoms with Crippen LogP contribution in [0, 0.1) is 5.82 Å². The molecule has 0 spiro atoms. The highest BCUT2D eigenvalue weighted by Crippen LogP contribution is 2.26. The van der Waals surface area contributed by atoms with Crippen molar-refractivity contribution in [3.63, 3.8) is 0 Å². The SMILES string of the molecule is CCOC(=O)c1cccc(-c2cc(-c3ccc(F)cc3)no2)c1. The summed E-state index contributed by atoms with van der Waals surface area (Å²) in [5.41, 5.74) is 2.52. The fourth-order valence-electron chi connectivity index (χ4n) is 2.18. The number of carbonyl (C=O) groups is 1. The minimum absolute atomic E-state index is 0.306. The van der Waals surface area contributed by atoms with Crippen molar-refractivity contribution in [1.29, 1.82) is 0 Å². The van der Waals surface area contributed by atoms with Gasteiger partial charge in [0, 0.05) is 17.2 Å². The zero-order valence-corrected chi connectivity index (χ0v) is 12.5. The van der Waals surface area contributed by atoms with Gasteiger partial charge in [-0.25, -0.2) is 9.18 Å². The van der Waals surface area contributed by atoms with Gasteiger partial charge >= 0.3 is 5.97 Å². The van der Waals surface area contributed by atoms with Crippen molar-refractivity contribution >= 4 is 5.97 Å². The van der Waals surface area contributed by atoms with E-state index in [4.69, 9.17) is 9.26 Å². The summed E-state index contributed by atoms with van der Waals surface area (Å²) >= 11 is 0. The number of ether oxygens (including phenoxy) is 1. The van der Waals surface area contributed by atoms with E-state index >= 15 is 0 Å². The van der Waals surface area contributed by atoms with Crippen molar-refractivity contribution in [2.45, 2.75) is 6.92 Å². The van der Waals surface area contributed by atoms with Gasteiger partial charge < -0.3 is 9.26 Å². The number of nitrogens with zero attached hydrogens (tertiary/aromatic N) is 1. The van der Waals surface area contributed by atoms with E-state index in [2.05, 4.69) is 5.16 Å². The Morgan fingerprint density at radius 3 is 2.65 bits per heavy atom. The summed E-state index contributed by atoms with van der Waals surface area (Å²) in [5, 5.41) is 3.99. The van der Waals surface area contributed by atoms with Crippen LogP contribution in [0.4, 0.5) is 4.39 Å². The molecular weight excluding hydrogens is 297 g/mol. The van der Waals surface area contributed by atoms with Crippen molar-refractivity contribution in [2.24, 2.45) is 0 Å². The first-order valence-electron chi connectivity index (χ1n) is 7.17. The molecule has 0 aliphatic heterocycles. The predicted molar refractivity (Wildman–Crippen MR) is 83.3 cm³/mol. The molecule has 23 heavy (non-hydrogen) atoms. The first kappa shape index (κ1) is 15.0. The normalized spacial score (nSPS) is 10.5. The maximum absolute atomic E-state index is 13.0. The van der Waals surface area contributed by atoms with Gasteiger partial charge in [-0.05, 0) is 43.3 Å². The zero-order chi connectivity index (χ0) is 16.2. The minimum atomic E-state index is -0.382. The van der Waals surface area contributed by atoms with E-state index in [0.717, 1.165) is 11.1 Å². The molecule has 3 aromatic rings. The second-order valence-corrected chi connectivity index (χ2v) is 4.88. The van der Waals surface area contributed by atoms with Crippen molar-refractivity contribution < 1.29 is 18.4 Å². The van der Waals surface area contributed by atoms with Crippen LogP contribution < -0.4 is 0 Å². The molecule has 116 valence electrons. The van der Waals surface area contributed by atoms with Crippen LogP contribution in [-0.4, -0.2) is 17.7 Å². The molecule has 0 atom stereocenters. The average Bonchev–Trinajstić information content (AvgIpc) is 3.06.